The van der Waals surface area contributed by atoms with Gasteiger partial charge in [-0.05, 0) is 42.5 Å². The van der Waals surface area contributed by atoms with E-state index < -0.39 is 5.97 Å². The highest BCUT2D eigenvalue weighted by Crippen LogP contribution is 2.24. The standard InChI is InChI=1S/C17H11FN2O3/c18-13-6-4-11(5-7-13)15-9-16(20-10-19-15)23-14-3-1-2-12(8-14)17(21)22/h1-10H,(H,21,22). The number of benzene rings is 2. The molecule has 3 aromatic rings. The van der Waals surface area contributed by atoms with E-state index in [9.17, 15) is 9.18 Å². The van der Waals surface area contributed by atoms with Crippen molar-refractivity contribution in [3.05, 3.63) is 72.3 Å². The molecule has 0 atom stereocenters. The van der Waals surface area contributed by atoms with Crippen molar-refractivity contribution in [1.82, 2.24) is 9.97 Å². The first-order chi connectivity index (χ1) is 11.1. The lowest BCUT2D eigenvalue weighted by Crippen LogP contribution is -1.97. The van der Waals surface area contributed by atoms with Crippen molar-refractivity contribution in [2.24, 2.45) is 0 Å². The third-order valence-corrected chi connectivity index (χ3v) is 3.09. The summed E-state index contributed by atoms with van der Waals surface area (Å²) >= 11 is 0. The summed E-state index contributed by atoms with van der Waals surface area (Å²) in [7, 11) is 0. The highest BCUT2D eigenvalue weighted by Gasteiger charge is 2.07. The zero-order chi connectivity index (χ0) is 16.2. The Balaban J connectivity index is 1.87. The van der Waals surface area contributed by atoms with E-state index >= 15 is 0 Å². The van der Waals surface area contributed by atoms with Gasteiger partial charge < -0.3 is 9.84 Å². The first-order valence-electron chi connectivity index (χ1n) is 6.71. The molecule has 3 rings (SSSR count). The monoisotopic (exact) mass is 310 g/mol. The summed E-state index contributed by atoms with van der Waals surface area (Å²) in [5.74, 6) is -0.745. The summed E-state index contributed by atoms with van der Waals surface area (Å²) in [5.41, 5.74) is 1.41. The second-order valence-corrected chi connectivity index (χ2v) is 4.68. The van der Waals surface area contributed by atoms with Crippen LogP contribution in [0.15, 0.2) is 60.9 Å². The molecule has 1 N–H and O–H groups in total. The number of halogens is 1. The Morgan fingerprint density at radius 3 is 2.57 bits per heavy atom. The molecule has 0 saturated heterocycles. The van der Waals surface area contributed by atoms with E-state index in [1.807, 2.05) is 0 Å². The van der Waals surface area contributed by atoms with Gasteiger partial charge in [0.25, 0.3) is 0 Å². The zero-order valence-electron chi connectivity index (χ0n) is 11.8. The number of nitrogens with zero attached hydrogens (tertiary/aromatic N) is 2. The number of hydrogen-bond acceptors (Lipinski definition) is 4. The molecule has 0 amide bonds. The van der Waals surface area contributed by atoms with Gasteiger partial charge in [-0.25, -0.2) is 19.2 Å². The summed E-state index contributed by atoms with van der Waals surface area (Å²) in [4.78, 5) is 19.1. The lowest BCUT2D eigenvalue weighted by Gasteiger charge is -2.07. The number of carbonyl (C=O) groups is 1. The molecule has 1 heterocycles. The van der Waals surface area contributed by atoms with Crippen LogP contribution in [0.1, 0.15) is 10.4 Å². The van der Waals surface area contributed by atoms with Gasteiger partial charge >= 0.3 is 5.97 Å². The maximum atomic E-state index is 13.0. The molecule has 0 radical (unpaired) electrons. The van der Waals surface area contributed by atoms with Crippen molar-refractivity contribution in [3.63, 3.8) is 0 Å². The van der Waals surface area contributed by atoms with E-state index in [0.29, 0.717) is 11.4 Å². The minimum Gasteiger partial charge on any atom is -0.478 e. The van der Waals surface area contributed by atoms with Crippen LogP contribution >= 0.6 is 0 Å². The molecular formula is C17H11FN2O3. The predicted octanol–water partition coefficient (Wildman–Crippen LogP) is 3.77. The van der Waals surface area contributed by atoms with Crippen LogP contribution in [0.3, 0.4) is 0 Å². The Labute approximate surface area is 131 Å². The molecule has 6 heteroatoms. The van der Waals surface area contributed by atoms with Crippen molar-refractivity contribution in [1.29, 1.82) is 0 Å². The number of ether oxygens (including phenoxy) is 1. The number of hydrogen-bond donors (Lipinski definition) is 1. The Bertz CT molecular complexity index is 850. The second-order valence-electron chi connectivity index (χ2n) is 4.68. The first kappa shape index (κ1) is 14.6. The van der Waals surface area contributed by atoms with Gasteiger partial charge in [0.1, 0.15) is 17.9 Å². The second kappa shape index (κ2) is 6.23. The van der Waals surface area contributed by atoms with Crippen LogP contribution in [-0.2, 0) is 0 Å². The highest BCUT2D eigenvalue weighted by molar-refractivity contribution is 5.88. The van der Waals surface area contributed by atoms with Crippen LogP contribution in [-0.4, -0.2) is 21.0 Å². The van der Waals surface area contributed by atoms with Gasteiger partial charge in [0, 0.05) is 11.6 Å². The van der Waals surface area contributed by atoms with E-state index in [1.54, 1.807) is 30.3 Å². The third-order valence-electron chi connectivity index (χ3n) is 3.09. The number of carboxylic acids is 1. The predicted molar refractivity (Wildman–Crippen MR) is 80.9 cm³/mol. The first-order valence-corrected chi connectivity index (χ1v) is 6.71. The Kier molecular flexibility index (Phi) is 3.97. The molecule has 0 spiro atoms. The van der Waals surface area contributed by atoms with Gasteiger partial charge in [0.15, 0.2) is 0 Å². The third kappa shape index (κ3) is 3.49. The van der Waals surface area contributed by atoms with Crippen LogP contribution in [0.2, 0.25) is 0 Å². The maximum absolute atomic E-state index is 13.0. The molecule has 0 aliphatic carbocycles. The SMILES string of the molecule is O=C(O)c1cccc(Oc2cc(-c3ccc(F)cc3)ncn2)c1. The Morgan fingerprint density at radius 2 is 1.83 bits per heavy atom. The molecule has 0 aliphatic rings. The smallest absolute Gasteiger partial charge is 0.335 e. The fourth-order valence-electron chi connectivity index (χ4n) is 1.99. The molecule has 1 aromatic heterocycles. The Morgan fingerprint density at radius 1 is 1.04 bits per heavy atom. The average Bonchev–Trinajstić information content (AvgIpc) is 2.56. The van der Waals surface area contributed by atoms with Crippen LogP contribution in [0.4, 0.5) is 4.39 Å². The fourth-order valence-corrected chi connectivity index (χ4v) is 1.99. The van der Waals surface area contributed by atoms with Crippen LogP contribution in [0.25, 0.3) is 11.3 Å². The Hall–Kier alpha value is -3.28. The largest absolute Gasteiger partial charge is 0.478 e. The van der Waals surface area contributed by atoms with Gasteiger partial charge in [-0.3, -0.25) is 0 Å². The minimum atomic E-state index is -1.04. The van der Waals surface area contributed by atoms with Crippen molar-refractivity contribution in [2.75, 3.05) is 0 Å². The molecule has 0 saturated carbocycles. The van der Waals surface area contributed by atoms with Gasteiger partial charge in [0.05, 0.1) is 11.3 Å². The lowest BCUT2D eigenvalue weighted by atomic mass is 10.1. The van der Waals surface area contributed by atoms with Gasteiger partial charge in [-0.1, -0.05) is 6.07 Å². The van der Waals surface area contributed by atoms with E-state index in [2.05, 4.69) is 9.97 Å². The number of carboxylic acid groups (broad SMARTS) is 1. The summed E-state index contributed by atoms with van der Waals surface area (Å²) in [6.07, 6.45) is 1.33. The molecule has 2 aromatic carbocycles. The van der Waals surface area contributed by atoms with Crippen LogP contribution in [0, 0.1) is 5.82 Å². The van der Waals surface area contributed by atoms with Crippen LogP contribution < -0.4 is 4.74 Å². The average molecular weight is 310 g/mol. The van der Waals surface area contributed by atoms with Crippen molar-refractivity contribution in [3.8, 4) is 22.9 Å². The topological polar surface area (TPSA) is 72.3 Å². The normalized spacial score (nSPS) is 10.3. The van der Waals surface area contributed by atoms with E-state index in [0.717, 1.165) is 5.56 Å². The zero-order valence-corrected chi connectivity index (χ0v) is 11.8. The minimum absolute atomic E-state index is 0.121. The maximum Gasteiger partial charge on any atom is 0.335 e. The van der Waals surface area contributed by atoms with Gasteiger partial charge in [-0.15, -0.1) is 0 Å². The van der Waals surface area contributed by atoms with E-state index in [-0.39, 0.29) is 17.3 Å². The summed E-state index contributed by atoms with van der Waals surface area (Å²) in [6.45, 7) is 0. The highest BCUT2D eigenvalue weighted by atomic mass is 19.1. The molecule has 0 aliphatic heterocycles. The van der Waals surface area contributed by atoms with Crippen molar-refractivity contribution < 1.29 is 19.0 Å². The summed E-state index contributed by atoms with van der Waals surface area (Å²) in [5, 5.41) is 8.98. The van der Waals surface area contributed by atoms with Gasteiger partial charge in [-0.2, -0.15) is 0 Å². The quantitative estimate of drug-likeness (QED) is 0.794. The number of rotatable bonds is 4. The van der Waals surface area contributed by atoms with Crippen molar-refractivity contribution in [2.45, 2.75) is 0 Å². The number of aromatic nitrogens is 2. The van der Waals surface area contributed by atoms with Crippen molar-refractivity contribution >= 4 is 5.97 Å². The van der Waals surface area contributed by atoms with Crippen LogP contribution in [0.5, 0.6) is 11.6 Å². The van der Waals surface area contributed by atoms with E-state index in [1.165, 1.54) is 30.6 Å². The number of aromatic carboxylic acids is 1. The molecule has 0 bridgehead atoms. The van der Waals surface area contributed by atoms with Gasteiger partial charge in [0.2, 0.25) is 5.88 Å². The molecular weight excluding hydrogens is 299 g/mol. The lowest BCUT2D eigenvalue weighted by molar-refractivity contribution is 0.0696. The molecule has 0 unspecified atom stereocenters. The summed E-state index contributed by atoms with van der Waals surface area (Å²) < 4.78 is 18.5. The molecule has 5 nitrogen and oxygen atoms in total. The summed E-state index contributed by atoms with van der Waals surface area (Å²) in [6, 6.07) is 13.6. The molecule has 0 fully saturated rings. The fraction of sp³-hybridized carbons (Fsp3) is 0. The molecule has 114 valence electrons. The van der Waals surface area contributed by atoms with E-state index in [4.69, 9.17) is 9.84 Å². The molecule has 23 heavy (non-hydrogen) atoms.